The molecule has 8 heteroatoms. The van der Waals surface area contributed by atoms with Gasteiger partial charge in [0, 0.05) is 6.54 Å². The topological polar surface area (TPSA) is 67.1 Å². The summed E-state index contributed by atoms with van der Waals surface area (Å²) in [6.45, 7) is 8.23. The summed E-state index contributed by atoms with van der Waals surface area (Å²) in [5, 5.41) is 5.45. The SMILES string of the molecule is CCCNC(=O)CNC(=O)C[NH+]1CC[NH+](Cc2ccc(Cl)s2)CC1. The zero-order valence-corrected chi connectivity index (χ0v) is 15.7. The first-order valence-electron chi connectivity index (χ1n) is 8.51. The van der Waals surface area contributed by atoms with Crippen LogP contribution in [-0.4, -0.2) is 57.6 Å². The molecular formula is C16H27ClN4O2S+2. The number of piperazine rings is 1. The lowest BCUT2D eigenvalue weighted by molar-refractivity contribution is -1.01. The van der Waals surface area contributed by atoms with Crippen LogP contribution in [0.2, 0.25) is 4.34 Å². The lowest BCUT2D eigenvalue weighted by Crippen LogP contribution is -3.28. The van der Waals surface area contributed by atoms with Gasteiger partial charge in [0.1, 0.15) is 32.7 Å². The zero-order valence-electron chi connectivity index (χ0n) is 14.1. The largest absolute Gasteiger partial charge is 0.355 e. The highest BCUT2D eigenvalue weighted by atomic mass is 35.5. The van der Waals surface area contributed by atoms with Crippen molar-refractivity contribution in [2.24, 2.45) is 0 Å². The fraction of sp³-hybridized carbons (Fsp3) is 0.625. The minimum atomic E-state index is -0.121. The van der Waals surface area contributed by atoms with Crippen molar-refractivity contribution < 1.29 is 19.4 Å². The number of amides is 2. The second-order valence-electron chi connectivity index (χ2n) is 6.19. The Bertz CT molecular complexity index is 544. The van der Waals surface area contributed by atoms with Gasteiger partial charge in [-0.2, -0.15) is 0 Å². The van der Waals surface area contributed by atoms with Gasteiger partial charge in [0.25, 0.3) is 5.91 Å². The van der Waals surface area contributed by atoms with Gasteiger partial charge in [0.2, 0.25) is 5.91 Å². The predicted octanol–water partition coefficient (Wildman–Crippen LogP) is -1.67. The fourth-order valence-corrected chi connectivity index (χ4v) is 3.96. The van der Waals surface area contributed by atoms with Gasteiger partial charge in [-0.25, -0.2) is 0 Å². The number of halogens is 1. The van der Waals surface area contributed by atoms with Gasteiger partial charge in [-0.3, -0.25) is 9.59 Å². The number of nitrogens with one attached hydrogen (secondary N) is 4. The Morgan fingerprint density at radius 3 is 2.46 bits per heavy atom. The van der Waals surface area contributed by atoms with Gasteiger partial charge in [-0.15, -0.1) is 11.3 Å². The molecule has 24 heavy (non-hydrogen) atoms. The molecule has 4 N–H and O–H groups in total. The van der Waals surface area contributed by atoms with Crippen LogP contribution in [0.25, 0.3) is 0 Å². The number of thiophene rings is 1. The van der Waals surface area contributed by atoms with Crippen LogP contribution in [0, 0.1) is 0 Å². The van der Waals surface area contributed by atoms with Crippen molar-refractivity contribution in [2.45, 2.75) is 19.9 Å². The summed E-state index contributed by atoms with van der Waals surface area (Å²) < 4.78 is 0.841. The minimum absolute atomic E-state index is 0.0508. The van der Waals surface area contributed by atoms with Crippen LogP contribution < -0.4 is 20.4 Å². The third-order valence-electron chi connectivity index (χ3n) is 4.15. The molecule has 0 saturated carbocycles. The molecule has 1 fully saturated rings. The second-order valence-corrected chi connectivity index (χ2v) is 7.99. The molecule has 0 radical (unpaired) electrons. The van der Waals surface area contributed by atoms with Gasteiger partial charge in [0.05, 0.1) is 15.8 Å². The van der Waals surface area contributed by atoms with Crippen molar-refractivity contribution in [1.82, 2.24) is 10.6 Å². The summed E-state index contributed by atoms with van der Waals surface area (Å²) in [6, 6.07) is 4.04. The second kappa shape index (κ2) is 9.98. The average molecular weight is 375 g/mol. The smallest absolute Gasteiger partial charge is 0.275 e. The molecule has 0 atom stereocenters. The quantitative estimate of drug-likeness (QED) is 0.439. The van der Waals surface area contributed by atoms with E-state index in [4.69, 9.17) is 11.6 Å². The maximum atomic E-state index is 11.9. The first-order valence-corrected chi connectivity index (χ1v) is 9.71. The van der Waals surface area contributed by atoms with Crippen LogP contribution in [0.3, 0.4) is 0 Å². The van der Waals surface area contributed by atoms with Crippen molar-refractivity contribution in [3.05, 3.63) is 21.3 Å². The molecule has 1 aromatic rings. The summed E-state index contributed by atoms with van der Waals surface area (Å²) in [5.74, 6) is -0.172. The molecule has 2 rings (SSSR count). The minimum Gasteiger partial charge on any atom is -0.355 e. The van der Waals surface area contributed by atoms with E-state index in [0.29, 0.717) is 13.1 Å². The predicted molar refractivity (Wildman–Crippen MR) is 95.6 cm³/mol. The average Bonchev–Trinajstić information content (AvgIpc) is 2.98. The van der Waals surface area contributed by atoms with E-state index in [-0.39, 0.29) is 18.4 Å². The Morgan fingerprint density at radius 2 is 1.83 bits per heavy atom. The number of quaternary nitrogens is 2. The van der Waals surface area contributed by atoms with E-state index in [9.17, 15) is 9.59 Å². The van der Waals surface area contributed by atoms with Crippen molar-refractivity contribution in [3.8, 4) is 0 Å². The first kappa shape index (κ1) is 19.2. The molecule has 0 aromatic carbocycles. The molecule has 2 heterocycles. The zero-order chi connectivity index (χ0) is 17.4. The molecule has 2 amide bonds. The van der Waals surface area contributed by atoms with Crippen LogP contribution in [-0.2, 0) is 16.1 Å². The lowest BCUT2D eigenvalue weighted by atomic mass is 10.3. The van der Waals surface area contributed by atoms with E-state index in [2.05, 4.69) is 16.7 Å². The molecule has 1 saturated heterocycles. The van der Waals surface area contributed by atoms with Crippen molar-refractivity contribution in [1.29, 1.82) is 0 Å². The maximum absolute atomic E-state index is 11.9. The molecule has 0 aliphatic carbocycles. The first-order chi connectivity index (χ1) is 11.6. The standard InChI is InChI=1S/C16H25ClN4O2S/c1-2-5-18-15(22)10-19-16(23)12-21-8-6-20(7-9-21)11-13-3-4-14(17)24-13/h3-4H,2,5-12H2,1H3,(H,18,22)(H,19,23)/p+2. The Hall–Kier alpha value is -1.15. The van der Waals surface area contributed by atoms with E-state index in [1.165, 1.54) is 14.7 Å². The van der Waals surface area contributed by atoms with E-state index >= 15 is 0 Å². The Morgan fingerprint density at radius 1 is 1.12 bits per heavy atom. The lowest BCUT2D eigenvalue weighted by Gasteiger charge is -2.29. The van der Waals surface area contributed by atoms with Crippen LogP contribution in [0.4, 0.5) is 0 Å². The van der Waals surface area contributed by atoms with Crippen molar-refractivity contribution >= 4 is 34.8 Å². The van der Waals surface area contributed by atoms with E-state index in [1.807, 2.05) is 13.0 Å². The number of carbonyl (C=O) groups is 2. The van der Waals surface area contributed by atoms with E-state index < -0.39 is 0 Å². The fourth-order valence-electron chi connectivity index (χ4n) is 2.80. The number of hydrogen-bond donors (Lipinski definition) is 4. The summed E-state index contributed by atoms with van der Waals surface area (Å²) in [4.78, 5) is 27.5. The van der Waals surface area contributed by atoms with Gasteiger partial charge >= 0.3 is 0 Å². The van der Waals surface area contributed by atoms with Gasteiger partial charge in [-0.05, 0) is 18.6 Å². The Kier molecular flexibility index (Phi) is 7.98. The normalized spacial score (nSPS) is 20.6. The summed E-state index contributed by atoms with van der Waals surface area (Å²) >= 11 is 7.61. The summed E-state index contributed by atoms with van der Waals surface area (Å²) in [5.41, 5.74) is 0. The Labute approximate surface area is 152 Å². The molecule has 0 bridgehead atoms. The molecule has 0 unspecified atom stereocenters. The maximum Gasteiger partial charge on any atom is 0.275 e. The molecular weight excluding hydrogens is 348 g/mol. The molecule has 1 aliphatic rings. The van der Waals surface area contributed by atoms with Crippen LogP contribution in [0.1, 0.15) is 18.2 Å². The third kappa shape index (κ3) is 6.76. The number of hydrogen-bond acceptors (Lipinski definition) is 3. The van der Waals surface area contributed by atoms with E-state index in [0.717, 1.165) is 43.5 Å². The molecule has 6 nitrogen and oxygen atoms in total. The molecule has 1 aliphatic heterocycles. The highest BCUT2D eigenvalue weighted by Gasteiger charge is 2.25. The van der Waals surface area contributed by atoms with Crippen LogP contribution in [0.5, 0.6) is 0 Å². The monoisotopic (exact) mass is 374 g/mol. The summed E-state index contributed by atoms with van der Waals surface area (Å²) in [7, 11) is 0. The highest BCUT2D eigenvalue weighted by molar-refractivity contribution is 7.16. The molecule has 134 valence electrons. The highest BCUT2D eigenvalue weighted by Crippen LogP contribution is 2.20. The van der Waals surface area contributed by atoms with E-state index in [1.54, 1.807) is 11.3 Å². The van der Waals surface area contributed by atoms with Crippen LogP contribution >= 0.6 is 22.9 Å². The molecule has 1 aromatic heterocycles. The molecule has 0 spiro atoms. The third-order valence-corrected chi connectivity index (χ3v) is 5.38. The van der Waals surface area contributed by atoms with Crippen LogP contribution in [0.15, 0.2) is 12.1 Å². The van der Waals surface area contributed by atoms with Gasteiger partial charge in [0.15, 0.2) is 6.54 Å². The Balaban J connectivity index is 1.61. The van der Waals surface area contributed by atoms with Crippen molar-refractivity contribution in [3.63, 3.8) is 0 Å². The summed E-state index contributed by atoms with van der Waals surface area (Å²) in [6.07, 6.45) is 0.897. The van der Waals surface area contributed by atoms with Crippen molar-refractivity contribution in [2.75, 3.05) is 45.8 Å². The number of rotatable bonds is 8. The number of carbonyl (C=O) groups excluding carboxylic acids is 2. The van der Waals surface area contributed by atoms with Gasteiger partial charge in [-0.1, -0.05) is 18.5 Å². The van der Waals surface area contributed by atoms with Gasteiger partial charge < -0.3 is 20.4 Å².